The van der Waals surface area contributed by atoms with Crippen molar-refractivity contribution in [1.29, 1.82) is 0 Å². The van der Waals surface area contributed by atoms with E-state index in [1.54, 1.807) is 30.3 Å². The second-order valence-electron chi connectivity index (χ2n) is 2.97. The largest absolute Gasteiger partial charge is 0.436 e. The second kappa shape index (κ2) is 4.55. The fourth-order valence-electron chi connectivity index (χ4n) is 1.06. The number of rotatable bonds is 2. The Labute approximate surface area is 102 Å². The number of halogens is 2. The van der Waals surface area contributed by atoms with Crippen molar-refractivity contribution in [1.82, 2.24) is 10.2 Å². The average molecular weight is 256 g/mol. The molecule has 0 fully saturated rings. The fourth-order valence-corrected chi connectivity index (χ4v) is 1.50. The van der Waals surface area contributed by atoms with E-state index in [0.29, 0.717) is 27.5 Å². The van der Waals surface area contributed by atoms with E-state index >= 15 is 0 Å². The fraction of sp³-hybridized carbons (Fsp3) is 0. The van der Waals surface area contributed by atoms with Crippen LogP contribution in [-0.4, -0.2) is 10.2 Å². The standard InChI is InChI=1S/C10H7Cl2N3O/c11-6-1-2-8(7(12)5-6)16-10-4-3-9(13)14-15-10/h1-5H,(H2,13,14). The number of hydrogen-bond acceptors (Lipinski definition) is 4. The molecule has 0 atom stereocenters. The van der Waals surface area contributed by atoms with Crippen LogP contribution in [0.2, 0.25) is 10.0 Å². The first kappa shape index (κ1) is 11.0. The van der Waals surface area contributed by atoms with Crippen LogP contribution in [0.3, 0.4) is 0 Å². The van der Waals surface area contributed by atoms with Gasteiger partial charge in [-0.15, -0.1) is 10.2 Å². The molecule has 1 aromatic carbocycles. The summed E-state index contributed by atoms with van der Waals surface area (Å²) in [6.07, 6.45) is 0. The third-order valence-corrected chi connectivity index (χ3v) is 2.30. The first-order valence-electron chi connectivity index (χ1n) is 4.37. The number of nitrogens with zero attached hydrogens (tertiary/aromatic N) is 2. The molecule has 2 aromatic rings. The van der Waals surface area contributed by atoms with Crippen LogP contribution >= 0.6 is 23.2 Å². The molecule has 0 aliphatic carbocycles. The molecule has 0 aliphatic heterocycles. The summed E-state index contributed by atoms with van der Waals surface area (Å²) in [7, 11) is 0. The molecule has 0 spiro atoms. The topological polar surface area (TPSA) is 61.0 Å². The van der Waals surface area contributed by atoms with Gasteiger partial charge in [-0.3, -0.25) is 0 Å². The van der Waals surface area contributed by atoms with Crippen molar-refractivity contribution >= 4 is 29.0 Å². The highest BCUT2D eigenvalue weighted by molar-refractivity contribution is 6.35. The molecule has 0 aliphatic rings. The lowest BCUT2D eigenvalue weighted by Gasteiger charge is -2.05. The summed E-state index contributed by atoms with van der Waals surface area (Å²) in [6.45, 7) is 0. The van der Waals surface area contributed by atoms with Crippen LogP contribution < -0.4 is 10.5 Å². The third kappa shape index (κ3) is 2.53. The minimum absolute atomic E-state index is 0.318. The molecule has 0 radical (unpaired) electrons. The first-order chi connectivity index (χ1) is 7.65. The van der Waals surface area contributed by atoms with Crippen molar-refractivity contribution in [3.63, 3.8) is 0 Å². The van der Waals surface area contributed by atoms with Crippen LogP contribution in [-0.2, 0) is 0 Å². The third-order valence-electron chi connectivity index (χ3n) is 1.77. The maximum absolute atomic E-state index is 5.93. The SMILES string of the molecule is Nc1ccc(Oc2ccc(Cl)cc2Cl)nn1. The highest BCUT2D eigenvalue weighted by Gasteiger charge is 2.04. The van der Waals surface area contributed by atoms with E-state index in [1.807, 2.05) is 0 Å². The molecule has 1 aromatic heterocycles. The quantitative estimate of drug-likeness (QED) is 0.896. The number of ether oxygens (including phenoxy) is 1. The zero-order valence-corrected chi connectivity index (χ0v) is 9.53. The lowest BCUT2D eigenvalue weighted by molar-refractivity contribution is 0.456. The van der Waals surface area contributed by atoms with E-state index in [-0.39, 0.29) is 0 Å². The number of nitrogen functional groups attached to an aromatic ring is 1. The van der Waals surface area contributed by atoms with E-state index in [1.165, 1.54) is 0 Å². The summed E-state index contributed by atoms with van der Waals surface area (Å²) in [5.74, 6) is 1.11. The predicted molar refractivity (Wildman–Crippen MR) is 63.0 cm³/mol. The maximum atomic E-state index is 5.93. The number of hydrogen-bond donors (Lipinski definition) is 1. The summed E-state index contributed by atoms with van der Waals surface area (Å²) < 4.78 is 5.40. The van der Waals surface area contributed by atoms with Gasteiger partial charge in [0.25, 0.3) is 0 Å². The van der Waals surface area contributed by atoms with Gasteiger partial charge < -0.3 is 10.5 Å². The van der Waals surface area contributed by atoms with Gasteiger partial charge in [-0.2, -0.15) is 0 Å². The maximum Gasteiger partial charge on any atom is 0.239 e. The summed E-state index contributed by atoms with van der Waals surface area (Å²) in [5.41, 5.74) is 5.40. The first-order valence-corrected chi connectivity index (χ1v) is 5.13. The van der Waals surface area contributed by atoms with Crippen LogP contribution in [0.1, 0.15) is 0 Å². The Morgan fingerprint density at radius 2 is 1.88 bits per heavy atom. The van der Waals surface area contributed by atoms with Crippen LogP contribution in [0.25, 0.3) is 0 Å². The molecule has 0 saturated heterocycles. The molecule has 4 nitrogen and oxygen atoms in total. The minimum Gasteiger partial charge on any atom is -0.436 e. The number of benzene rings is 1. The normalized spacial score (nSPS) is 10.1. The van der Waals surface area contributed by atoms with Crippen LogP contribution in [0.15, 0.2) is 30.3 Å². The van der Waals surface area contributed by atoms with Gasteiger partial charge in [-0.1, -0.05) is 23.2 Å². The molecule has 1 heterocycles. The van der Waals surface area contributed by atoms with Gasteiger partial charge in [-0.25, -0.2) is 0 Å². The van der Waals surface area contributed by atoms with Gasteiger partial charge >= 0.3 is 0 Å². The molecule has 6 heteroatoms. The van der Waals surface area contributed by atoms with Crippen LogP contribution in [0.5, 0.6) is 11.6 Å². The Bertz CT molecular complexity index is 502. The summed E-state index contributed by atoms with van der Waals surface area (Å²) >= 11 is 11.7. The number of aromatic nitrogens is 2. The van der Waals surface area contributed by atoms with E-state index in [9.17, 15) is 0 Å². The molecule has 16 heavy (non-hydrogen) atoms. The van der Waals surface area contributed by atoms with E-state index in [0.717, 1.165) is 0 Å². The van der Waals surface area contributed by atoms with Gasteiger partial charge in [0.1, 0.15) is 11.6 Å². The Morgan fingerprint density at radius 1 is 1.06 bits per heavy atom. The highest BCUT2D eigenvalue weighted by atomic mass is 35.5. The van der Waals surface area contributed by atoms with Gasteiger partial charge in [0.15, 0.2) is 0 Å². The van der Waals surface area contributed by atoms with Crippen LogP contribution in [0, 0.1) is 0 Å². The Kier molecular flexibility index (Phi) is 3.12. The van der Waals surface area contributed by atoms with E-state index < -0.39 is 0 Å². The Morgan fingerprint density at radius 3 is 2.50 bits per heavy atom. The highest BCUT2D eigenvalue weighted by Crippen LogP contribution is 2.30. The van der Waals surface area contributed by atoms with Gasteiger partial charge in [0.05, 0.1) is 5.02 Å². The predicted octanol–water partition coefficient (Wildman–Crippen LogP) is 3.16. The average Bonchev–Trinajstić information content (AvgIpc) is 2.25. The lowest BCUT2D eigenvalue weighted by atomic mass is 10.3. The molecule has 82 valence electrons. The molecule has 2 N–H and O–H groups in total. The van der Waals surface area contributed by atoms with Crippen molar-refractivity contribution in [3.05, 3.63) is 40.4 Å². The minimum atomic E-state index is 0.318. The van der Waals surface area contributed by atoms with Crippen LogP contribution in [0.4, 0.5) is 5.82 Å². The zero-order valence-electron chi connectivity index (χ0n) is 8.02. The molecule has 2 rings (SSSR count). The second-order valence-corrected chi connectivity index (χ2v) is 3.82. The summed E-state index contributed by atoms with van der Waals surface area (Å²) in [4.78, 5) is 0. The zero-order chi connectivity index (χ0) is 11.5. The summed E-state index contributed by atoms with van der Waals surface area (Å²) in [6, 6.07) is 8.11. The van der Waals surface area contributed by atoms with Gasteiger partial charge in [-0.05, 0) is 24.3 Å². The van der Waals surface area contributed by atoms with E-state index in [4.69, 9.17) is 33.7 Å². The Balaban J connectivity index is 2.23. The summed E-state index contributed by atoms with van der Waals surface area (Å²) in [5, 5.41) is 8.36. The van der Waals surface area contributed by atoms with Crippen molar-refractivity contribution in [2.75, 3.05) is 5.73 Å². The van der Waals surface area contributed by atoms with Crippen molar-refractivity contribution in [2.45, 2.75) is 0 Å². The molecule has 0 unspecified atom stereocenters. The molecular weight excluding hydrogens is 249 g/mol. The molecular formula is C10H7Cl2N3O. The number of nitrogens with two attached hydrogens (primary N) is 1. The molecule has 0 amide bonds. The van der Waals surface area contributed by atoms with Gasteiger partial charge in [0, 0.05) is 11.1 Å². The van der Waals surface area contributed by atoms with Gasteiger partial charge in [0.2, 0.25) is 5.88 Å². The lowest BCUT2D eigenvalue weighted by Crippen LogP contribution is -1.95. The monoisotopic (exact) mass is 255 g/mol. The molecule has 0 saturated carbocycles. The van der Waals surface area contributed by atoms with Crippen molar-refractivity contribution in [2.24, 2.45) is 0 Å². The molecule has 0 bridgehead atoms. The van der Waals surface area contributed by atoms with E-state index in [2.05, 4.69) is 10.2 Å². The number of anilines is 1. The smallest absolute Gasteiger partial charge is 0.239 e. The Hall–Kier alpha value is -1.52. The van der Waals surface area contributed by atoms with Crippen molar-refractivity contribution in [3.8, 4) is 11.6 Å². The van der Waals surface area contributed by atoms with Crippen molar-refractivity contribution < 1.29 is 4.74 Å².